The summed E-state index contributed by atoms with van der Waals surface area (Å²) < 4.78 is 31.7. The molecule has 37 heavy (non-hydrogen) atoms. The number of nitrogens with one attached hydrogen (secondary N) is 1. The smallest absolute Gasteiger partial charge is 0.251 e. The van der Waals surface area contributed by atoms with Gasteiger partial charge in [0.1, 0.15) is 29.0 Å². The monoisotopic (exact) mass is 507 g/mol. The summed E-state index contributed by atoms with van der Waals surface area (Å²) in [5.41, 5.74) is 2.72. The molecule has 0 radical (unpaired) electrons. The highest BCUT2D eigenvalue weighted by molar-refractivity contribution is 5.83. The summed E-state index contributed by atoms with van der Waals surface area (Å²) in [6.45, 7) is 8.02. The second-order valence-corrected chi connectivity index (χ2v) is 9.45. The molecule has 1 aliphatic heterocycles. The van der Waals surface area contributed by atoms with Gasteiger partial charge in [-0.15, -0.1) is 0 Å². The first kappa shape index (κ1) is 24.7. The lowest BCUT2D eigenvalue weighted by Crippen LogP contribution is -2.41. The number of aromatic nitrogens is 5. The van der Waals surface area contributed by atoms with Gasteiger partial charge in [-0.25, -0.2) is 28.7 Å². The van der Waals surface area contributed by atoms with Crippen LogP contribution >= 0.6 is 0 Å². The molecule has 192 valence electrons. The van der Waals surface area contributed by atoms with Crippen molar-refractivity contribution in [2.45, 2.75) is 52.8 Å². The van der Waals surface area contributed by atoms with Crippen molar-refractivity contribution in [3.63, 3.8) is 0 Å². The molecule has 0 bridgehead atoms. The number of carbonyl (C=O) groups is 1. The number of benzene rings is 1. The molecule has 1 amide bonds. The Morgan fingerprint density at radius 3 is 2.62 bits per heavy atom. The van der Waals surface area contributed by atoms with Crippen molar-refractivity contribution in [1.29, 1.82) is 0 Å². The molecule has 5 rings (SSSR count). The first-order valence-corrected chi connectivity index (χ1v) is 12.1. The lowest BCUT2D eigenvalue weighted by Gasteiger charge is -2.29. The summed E-state index contributed by atoms with van der Waals surface area (Å²) in [7, 11) is 0. The average molecular weight is 508 g/mol. The normalized spacial score (nSPS) is 14.2. The van der Waals surface area contributed by atoms with Gasteiger partial charge in [0.15, 0.2) is 11.6 Å². The van der Waals surface area contributed by atoms with Crippen LogP contribution in [0.25, 0.3) is 22.3 Å². The van der Waals surface area contributed by atoms with Gasteiger partial charge in [-0.1, -0.05) is 6.07 Å². The molecule has 1 aromatic carbocycles. The fraction of sp³-hybridized carbons (Fsp3) is 0.346. The van der Waals surface area contributed by atoms with Crippen molar-refractivity contribution in [2.24, 2.45) is 0 Å². The van der Waals surface area contributed by atoms with Crippen LogP contribution < -0.4 is 5.32 Å². The van der Waals surface area contributed by atoms with Gasteiger partial charge in [0.05, 0.1) is 11.7 Å². The minimum absolute atomic E-state index is 0.0412. The predicted octanol–water partition coefficient (Wildman–Crippen LogP) is 4.06. The largest absolute Gasteiger partial charge is 0.384 e. The van der Waals surface area contributed by atoms with E-state index in [2.05, 4.69) is 25.3 Å². The second kappa shape index (κ2) is 9.47. The quantitative estimate of drug-likeness (QED) is 0.419. The number of aryl methyl sites for hydroxylation is 1. The van der Waals surface area contributed by atoms with Crippen molar-refractivity contribution < 1.29 is 18.7 Å². The third-order valence-corrected chi connectivity index (χ3v) is 6.42. The fourth-order valence-electron chi connectivity index (χ4n) is 4.74. The van der Waals surface area contributed by atoms with Crippen molar-refractivity contribution in [3.05, 3.63) is 59.2 Å². The fourth-order valence-corrected chi connectivity index (χ4v) is 4.74. The number of imidazole rings is 1. The molecule has 4 aromatic rings. The number of anilines is 2. The summed E-state index contributed by atoms with van der Waals surface area (Å²) in [6.07, 6.45) is 0.515. The third-order valence-electron chi connectivity index (χ3n) is 6.42. The van der Waals surface area contributed by atoms with Gasteiger partial charge in [-0.05, 0) is 51.5 Å². The van der Waals surface area contributed by atoms with Crippen LogP contribution in [0.1, 0.15) is 43.9 Å². The molecule has 0 saturated heterocycles. The van der Waals surface area contributed by atoms with Gasteiger partial charge in [-0.2, -0.15) is 0 Å². The number of aliphatic hydroxyl groups excluding tert-OH is 1. The van der Waals surface area contributed by atoms with Crippen LogP contribution in [0.3, 0.4) is 0 Å². The van der Waals surface area contributed by atoms with Gasteiger partial charge in [0.25, 0.3) is 5.91 Å². The number of hydrogen-bond acceptors (Lipinski definition) is 7. The molecule has 9 nitrogen and oxygen atoms in total. The highest BCUT2D eigenvalue weighted by atomic mass is 19.1. The van der Waals surface area contributed by atoms with E-state index in [1.54, 1.807) is 24.0 Å². The standard InChI is InChI=1S/C26H27F2N7O2/c1-13(2)35-15(4)30-24-18(27)9-17(10-21(24)35)23-19(28)11-29-26(33-23)32-22-6-5-16-12-34(25(37)14(3)36)8-7-20(16)31-22/h5-6,9-11,13-14,36H,7-8,12H2,1-4H3,(H,29,31,32,33). The lowest BCUT2D eigenvalue weighted by molar-refractivity contribution is -0.140. The molecule has 0 spiro atoms. The van der Waals surface area contributed by atoms with Crippen LogP contribution in [0.4, 0.5) is 20.5 Å². The minimum atomic E-state index is -1.05. The van der Waals surface area contributed by atoms with E-state index in [1.807, 2.05) is 24.5 Å². The molecule has 0 aliphatic carbocycles. The van der Waals surface area contributed by atoms with Gasteiger partial charge < -0.3 is 19.9 Å². The first-order valence-electron chi connectivity index (χ1n) is 12.1. The van der Waals surface area contributed by atoms with E-state index in [0.717, 1.165) is 17.5 Å². The van der Waals surface area contributed by atoms with Crippen LogP contribution in [-0.4, -0.2) is 53.1 Å². The van der Waals surface area contributed by atoms with E-state index < -0.39 is 17.7 Å². The van der Waals surface area contributed by atoms with Crippen molar-refractivity contribution >= 4 is 28.7 Å². The van der Waals surface area contributed by atoms with E-state index in [1.165, 1.54) is 13.0 Å². The SMILES string of the molecule is Cc1nc2c(F)cc(-c3nc(Nc4ccc5c(n4)CCN(C(=O)C(C)O)C5)ncc3F)cc2n1C(C)C. The Morgan fingerprint density at radius 1 is 1.11 bits per heavy atom. The van der Waals surface area contributed by atoms with Crippen LogP contribution in [0.2, 0.25) is 0 Å². The van der Waals surface area contributed by atoms with Crippen molar-refractivity contribution in [3.8, 4) is 11.3 Å². The predicted molar refractivity (Wildman–Crippen MR) is 134 cm³/mol. The number of pyridine rings is 1. The number of nitrogens with zero attached hydrogens (tertiary/aromatic N) is 6. The maximum absolute atomic E-state index is 14.9. The summed E-state index contributed by atoms with van der Waals surface area (Å²) in [5.74, 6) is -0.314. The summed E-state index contributed by atoms with van der Waals surface area (Å²) in [5, 5.41) is 12.6. The molecule has 3 aromatic heterocycles. The Bertz CT molecular complexity index is 1520. The van der Waals surface area contributed by atoms with Gasteiger partial charge in [-0.3, -0.25) is 4.79 Å². The van der Waals surface area contributed by atoms with Crippen LogP contribution in [-0.2, 0) is 17.8 Å². The highest BCUT2D eigenvalue weighted by Gasteiger charge is 2.24. The van der Waals surface area contributed by atoms with E-state index in [9.17, 15) is 18.7 Å². The van der Waals surface area contributed by atoms with Crippen molar-refractivity contribution in [1.82, 2.24) is 29.4 Å². The lowest BCUT2D eigenvalue weighted by atomic mass is 10.1. The molecule has 4 heterocycles. The number of halogens is 2. The number of fused-ring (bicyclic) bond motifs is 2. The van der Waals surface area contributed by atoms with Crippen LogP contribution in [0.5, 0.6) is 0 Å². The van der Waals surface area contributed by atoms with E-state index in [0.29, 0.717) is 36.7 Å². The number of rotatable bonds is 5. The maximum atomic E-state index is 14.9. The molecule has 0 saturated carbocycles. The average Bonchev–Trinajstić information content (AvgIpc) is 3.21. The Hall–Kier alpha value is -3.99. The molecule has 1 atom stereocenters. The molecular weight excluding hydrogens is 480 g/mol. The Kier molecular flexibility index (Phi) is 6.32. The molecule has 1 aliphatic rings. The van der Waals surface area contributed by atoms with E-state index >= 15 is 0 Å². The van der Waals surface area contributed by atoms with Crippen molar-refractivity contribution in [2.75, 3.05) is 11.9 Å². The zero-order chi connectivity index (χ0) is 26.4. The molecule has 0 fully saturated rings. The zero-order valence-corrected chi connectivity index (χ0v) is 21.0. The van der Waals surface area contributed by atoms with E-state index in [-0.39, 0.29) is 34.7 Å². The van der Waals surface area contributed by atoms with Gasteiger partial charge in [0, 0.05) is 36.8 Å². The zero-order valence-electron chi connectivity index (χ0n) is 21.0. The molecular formula is C26H27F2N7O2. The summed E-state index contributed by atoms with van der Waals surface area (Å²) >= 11 is 0. The molecule has 1 unspecified atom stereocenters. The second-order valence-electron chi connectivity index (χ2n) is 9.45. The highest BCUT2D eigenvalue weighted by Crippen LogP contribution is 2.30. The maximum Gasteiger partial charge on any atom is 0.251 e. The number of aliphatic hydroxyl groups is 1. The van der Waals surface area contributed by atoms with Crippen LogP contribution in [0.15, 0.2) is 30.5 Å². The Balaban J connectivity index is 1.44. The third kappa shape index (κ3) is 4.62. The summed E-state index contributed by atoms with van der Waals surface area (Å²) in [6, 6.07) is 6.52. The summed E-state index contributed by atoms with van der Waals surface area (Å²) in [4.78, 5) is 31.0. The number of carbonyl (C=O) groups excluding carboxylic acids is 1. The first-order chi connectivity index (χ1) is 17.6. The molecule has 2 N–H and O–H groups in total. The van der Waals surface area contributed by atoms with Gasteiger partial charge >= 0.3 is 0 Å². The van der Waals surface area contributed by atoms with Gasteiger partial charge in [0.2, 0.25) is 5.95 Å². The van der Waals surface area contributed by atoms with E-state index in [4.69, 9.17) is 0 Å². The number of hydrogen-bond donors (Lipinski definition) is 2. The molecule has 11 heteroatoms. The Morgan fingerprint density at radius 2 is 1.89 bits per heavy atom. The van der Waals surface area contributed by atoms with Crippen LogP contribution in [0, 0.1) is 18.6 Å². The topological polar surface area (TPSA) is 109 Å². The minimum Gasteiger partial charge on any atom is -0.384 e. The number of amides is 1. The Labute approximate surface area is 212 Å².